The lowest BCUT2D eigenvalue weighted by Crippen LogP contribution is -2.69. The number of esters is 1. The number of primary amides is 1. The monoisotopic (exact) mass is 735 g/mol. The summed E-state index contributed by atoms with van der Waals surface area (Å²) in [5.74, 6) is -1.90. The standard InChI is InChI=1S/C41H46N3O6PSi/c1-6-25-49-40(47)39(51(32-19-10-7-11-20-32,33-21-12-8-13-22-33)34-23-14-9-15-24-34)44-35(37(38(44)46)29(2)50-52(3,4)5)27-36(45)31-18-16-17-30(26-31)28-43-41(42)48/h6-24,26,29,35,37H,1,25,27-28H2,2-5H3,(H3,42,43,48)/t29-,35-,37-/m1/s1. The summed E-state index contributed by atoms with van der Waals surface area (Å²) in [5, 5.41) is 5.10. The Bertz CT molecular complexity index is 1880. The van der Waals surface area contributed by atoms with Crippen molar-refractivity contribution >= 4 is 60.2 Å². The van der Waals surface area contributed by atoms with Gasteiger partial charge in [-0.2, -0.15) is 0 Å². The molecule has 4 aromatic rings. The molecule has 3 N–H and O–H groups in total. The van der Waals surface area contributed by atoms with Crippen molar-refractivity contribution in [3.8, 4) is 0 Å². The maximum absolute atomic E-state index is 14.8. The number of β-lactam (4-membered cyclic amide) rings is 1. The van der Waals surface area contributed by atoms with Gasteiger partial charge in [0.1, 0.15) is 12.0 Å². The normalized spacial score (nSPS) is 16.3. The molecule has 3 atom stereocenters. The first kappa shape index (κ1) is 38.2. The highest BCUT2D eigenvalue weighted by molar-refractivity contribution is 7.96. The molecule has 0 unspecified atom stereocenters. The molecule has 1 fully saturated rings. The van der Waals surface area contributed by atoms with E-state index in [-0.39, 0.29) is 36.7 Å². The SMILES string of the molecule is C=CCOC(=O)C(N1C(=O)[C@H]([C@@H](C)O[Si](C)(C)C)[C@H]1CC(=O)c1cccc(CNC(N)=O)c1)=P(c1ccccc1)(c1ccccc1)c1ccccc1. The first-order valence-corrected chi connectivity index (χ1v) is 22.5. The van der Waals surface area contributed by atoms with Crippen LogP contribution in [0.5, 0.6) is 0 Å². The molecule has 0 aromatic heterocycles. The number of amides is 3. The van der Waals surface area contributed by atoms with Crippen LogP contribution in [0.2, 0.25) is 19.6 Å². The van der Waals surface area contributed by atoms with Gasteiger partial charge in [-0.1, -0.05) is 122 Å². The van der Waals surface area contributed by atoms with E-state index in [9.17, 15) is 19.2 Å². The second kappa shape index (κ2) is 16.5. The van der Waals surface area contributed by atoms with Gasteiger partial charge in [0.05, 0.1) is 18.1 Å². The molecule has 4 aromatic carbocycles. The molecule has 0 aliphatic carbocycles. The number of urea groups is 1. The van der Waals surface area contributed by atoms with E-state index in [0.29, 0.717) is 11.1 Å². The summed E-state index contributed by atoms with van der Waals surface area (Å²) < 4.78 is 12.4. The molecule has 1 heterocycles. The van der Waals surface area contributed by atoms with Gasteiger partial charge in [0.25, 0.3) is 0 Å². The lowest BCUT2D eigenvalue weighted by Gasteiger charge is -2.52. The Balaban J connectivity index is 1.80. The number of hydrogen-bond acceptors (Lipinski definition) is 6. The van der Waals surface area contributed by atoms with Crippen LogP contribution < -0.4 is 27.0 Å². The number of ether oxygens (including phenoxy) is 1. The van der Waals surface area contributed by atoms with Crippen LogP contribution in [-0.2, 0) is 25.3 Å². The number of hydrogen-bond donors (Lipinski definition) is 2. The molecule has 1 saturated heterocycles. The second-order valence-corrected chi connectivity index (χ2v) is 21.4. The number of Topliss-reactive ketones (excluding diaryl/α,β-unsaturated/α-hetero) is 1. The van der Waals surface area contributed by atoms with Gasteiger partial charge in [-0.05, 0) is 54.1 Å². The Kier molecular flexibility index (Phi) is 12.2. The summed E-state index contributed by atoms with van der Waals surface area (Å²) in [4.78, 5) is 56.8. The maximum atomic E-state index is 14.8. The molecule has 52 heavy (non-hydrogen) atoms. The summed E-state index contributed by atoms with van der Waals surface area (Å²) in [6.45, 7) is 8.69. The van der Waals surface area contributed by atoms with Crippen molar-refractivity contribution in [3.05, 3.63) is 139 Å². The van der Waals surface area contributed by atoms with Gasteiger partial charge in [-0.3, -0.25) is 9.59 Å². The molecule has 3 amide bonds. The van der Waals surface area contributed by atoms with Gasteiger partial charge >= 0.3 is 12.0 Å². The Labute approximate surface area is 306 Å². The van der Waals surface area contributed by atoms with Crippen LogP contribution in [-0.4, -0.2) is 61.1 Å². The number of carbonyl (C=O) groups excluding carboxylic acids is 4. The molecule has 1 aliphatic rings. The molecule has 1 aliphatic heterocycles. The summed E-state index contributed by atoms with van der Waals surface area (Å²) in [7, 11) is -2.14. The number of ketones is 1. The molecule has 270 valence electrons. The fraction of sp³-hybridized carbons (Fsp3) is 0.244. The van der Waals surface area contributed by atoms with Crippen molar-refractivity contribution in [3.63, 3.8) is 0 Å². The lowest BCUT2D eigenvalue weighted by atomic mass is 9.79. The quantitative estimate of drug-likeness (QED) is 0.0424. The minimum atomic E-state index is -3.18. The van der Waals surface area contributed by atoms with Crippen molar-refractivity contribution in [1.82, 2.24) is 10.2 Å². The number of nitrogens with two attached hydrogens (primary N) is 1. The van der Waals surface area contributed by atoms with Crippen molar-refractivity contribution < 1.29 is 28.3 Å². The molecular weight excluding hydrogens is 690 g/mol. The molecule has 0 spiro atoms. The van der Waals surface area contributed by atoms with Crippen LogP contribution in [0.3, 0.4) is 0 Å². The molecule has 0 bridgehead atoms. The van der Waals surface area contributed by atoms with Crippen LogP contribution in [0, 0.1) is 5.92 Å². The Morgan fingerprint density at radius 3 is 1.90 bits per heavy atom. The van der Waals surface area contributed by atoms with Gasteiger partial charge in [-0.25, -0.2) is 9.59 Å². The summed E-state index contributed by atoms with van der Waals surface area (Å²) >= 11 is 0. The zero-order valence-electron chi connectivity index (χ0n) is 30.0. The minimum absolute atomic E-state index is 0.0724. The van der Waals surface area contributed by atoms with Gasteiger partial charge in [-0.15, -0.1) is 0 Å². The average molecular weight is 736 g/mol. The van der Waals surface area contributed by atoms with Crippen LogP contribution >= 0.6 is 6.89 Å². The van der Waals surface area contributed by atoms with Crippen LogP contribution in [0.15, 0.2) is 128 Å². The summed E-state index contributed by atoms with van der Waals surface area (Å²) in [6.07, 6.45) is 0.885. The molecule has 0 saturated carbocycles. The maximum Gasteiger partial charge on any atom is 0.356 e. The second-order valence-electron chi connectivity index (χ2n) is 13.7. The topological polar surface area (TPSA) is 128 Å². The predicted octanol–water partition coefficient (Wildman–Crippen LogP) is 5.35. The Morgan fingerprint density at radius 2 is 1.42 bits per heavy atom. The number of likely N-dealkylation sites (tertiary alicyclic amines) is 1. The van der Waals surface area contributed by atoms with Crippen LogP contribution in [0.25, 0.3) is 0 Å². The number of rotatable bonds is 15. The summed E-state index contributed by atoms with van der Waals surface area (Å²) in [6, 6.07) is 34.7. The van der Waals surface area contributed by atoms with Gasteiger partial charge in [0.2, 0.25) is 5.91 Å². The number of nitrogens with one attached hydrogen (secondary N) is 1. The van der Waals surface area contributed by atoms with E-state index in [4.69, 9.17) is 14.9 Å². The first-order chi connectivity index (χ1) is 24.9. The highest BCUT2D eigenvalue weighted by Crippen LogP contribution is 2.50. The van der Waals surface area contributed by atoms with E-state index in [1.54, 1.807) is 24.3 Å². The zero-order chi connectivity index (χ0) is 37.5. The highest BCUT2D eigenvalue weighted by atomic mass is 31.2. The van der Waals surface area contributed by atoms with E-state index in [0.717, 1.165) is 15.9 Å². The van der Waals surface area contributed by atoms with Crippen molar-refractivity contribution in [2.45, 2.75) is 51.7 Å². The third-order valence-electron chi connectivity index (χ3n) is 8.92. The van der Waals surface area contributed by atoms with E-state index in [1.807, 2.05) is 97.9 Å². The largest absolute Gasteiger partial charge is 0.457 e. The molecule has 11 heteroatoms. The predicted molar refractivity (Wildman–Crippen MR) is 211 cm³/mol. The fourth-order valence-corrected chi connectivity index (χ4v) is 12.6. The van der Waals surface area contributed by atoms with Gasteiger partial charge < -0.3 is 25.1 Å². The lowest BCUT2D eigenvalue weighted by molar-refractivity contribution is -0.156. The van der Waals surface area contributed by atoms with Gasteiger partial charge in [0, 0.05) is 25.4 Å². The third-order valence-corrected chi connectivity index (χ3v) is 14.2. The molecule has 5 rings (SSSR count). The molecule has 0 radical (unpaired) electrons. The van der Waals surface area contributed by atoms with Gasteiger partial charge in [0.15, 0.2) is 14.1 Å². The fourth-order valence-electron chi connectivity index (χ4n) is 6.91. The van der Waals surface area contributed by atoms with Crippen LogP contribution in [0.4, 0.5) is 4.79 Å². The average Bonchev–Trinajstić information content (AvgIpc) is 3.13. The van der Waals surface area contributed by atoms with E-state index in [2.05, 4.69) is 31.5 Å². The van der Waals surface area contributed by atoms with Crippen molar-refractivity contribution in [1.29, 1.82) is 0 Å². The number of nitrogens with zero attached hydrogens (tertiary/aromatic N) is 1. The van der Waals surface area contributed by atoms with Crippen molar-refractivity contribution in [2.75, 3.05) is 6.61 Å². The van der Waals surface area contributed by atoms with E-state index in [1.165, 1.54) is 11.0 Å². The smallest absolute Gasteiger partial charge is 0.356 e. The van der Waals surface area contributed by atoms with E-state index >= 15 is 0 Å². The Morgan fingerprint density at radius 1 is 0.885 bits per heavy atom. The van der Waals surface area contributed by atoms with E-state index < -0.39 is 45.3 Å². The minimum Gasteiger partial charge on any atom is -0.457 e. The summed E-state index contributed by atoms with van der Waals surface area (Å²) in [5.41, 5.74) is 6.58. The highest BCUT2D eigenvalue weighted by Gasteiger charge is 2.56. The zero-order valence-corrected chi connectivity index (χ0v) is 31.9. The third kappa shape index (κ3) is 8.20. The Hall–Kier alpha value is -5.02. The first-order valence-electron chi connectivity index (χ1n) is 17.3. The number of carbonyl (C=O) groups is 4. The molecule has 9 nitrogen and oxygen atoms in total. The van der Waals surface area contributed by atoms with Crippen molar-refractivity contribution in [2.24, 2.45) is 11.7 Å². The molecular formula is C41H46N3O6PSi. The van der Waals surface area contributed by atoms with Crippen LogP contribution in [0.1, 0.15) is 29.3 Å². The number of benzene rings is 4.